The van der Waals surface area contributed by atoms with Crippen LogP contribution in [0.1, 0.15) is 0 Å². The number of nitrogens with one attached hydrogen (secondary N) is 2. The molecule has 0 bridgehead atoms. The lowest BCUT2D eigenvalue weighted by molar-refractivity contribution is 0.595. The van der Waals surface area contributed by atoms with Crippen molar-refractivity contribution in [1.29, 1.82) is 0 Å². The van der Waals surface area contributed by atoms with Crippen LogP contribution in [-0.2, 0) is 16.4 Å². The number of hydrogen-bond donors (Lipinski definition) is 2. The molecule has 0 radical (unpaired) electrons. The van der Waals surface area contributed by atoms with Gasteiger partial charge in [-0.05, 0) is 0 Å². The number of aromatic amines is 2. The zero-order chi connectivity index (χ0) is 11.5. The van der Waals surface area contributed by atoms with Crippen LogP contribution in [0.15, 0.2) is 14.7 Å². The molecular formula is C7H6N4O4S. The summed E-state index contributed by atoms with van der Waals surface area (Å²) in [6, 6.07) is 0. The van der Waals surface area contributed by atoms with Gasteiger partial charge in [0.25, 0.3) is 5.56 Å². The lowest BCUT2D eigenvalue weighted by Crippen LogP contribution is -2.23. The smallest absolute Gasteiger partial charge is 0.308 e. The molecular weight excluding hydrogens is 236 g/mol. The van der Waals surface area contributed by atoms with Crippen LogP contribution in [-0.4, -0.2) is 33.7 Å². The summed E-state index contributed by atoms with van der Waals surface area (Å²) in [5.74, 6) is -0.0656. The van der Waals surface area contributed by atoms with E-state index >= 15 is 0 Å². The van der Waals surface area contributed by atoms with Crippen molar-refractivity contribution in [3.63, 3.8) is 0 Å². The maximum absolute atomic E-state index is 11.5. The third-order valence-corrected chi connectivity index (χ3v) is 4.06. The van der Waals surface area contributed by atoms with Crippen LogP contribution in [0.25, 0.3) is 11.2 Å². The highest BCUT2D eigenvalue weighted by molar-refractivity contribution is 7.91. The van der Waals surface area contributed by atoms with Crippen molar-refractivity contribution in [1.82, 2.24) is 19.5 Å². The standard InChI is InChI=1S/C7H6N4O4S/c12-5-3-4(8-6(13)10-5)9-7-11(3)1-2-16(7,14)15/h1-2H2,(H2,8,10,12,13). The zero-order valence-corrected chi connectivity index (χ0v) is 8.67. The topological polar surface area (TPSA) is 118 Å². The Morgan fingerprint density at radius 2 is 2.00 bits per heavy atom. The fourth-order valence-electron chi connectivity index (χ4n) is 1.80. The number of H-pyrrole nitrogens is 2. The van der Waals surface area contributed by atoms with E-state index in [4.69, 9.17) is 0 Å². The molecule has 1 aliphatic heterocycles. The number of rotatable bonds is 0. The molecule has 0 atom stereocenters. The average Bonchev–Trinajstić information content (AvgIpc) is 2.65. The largest absolute Gasteiger partial charge is 0.327 e. The van der Waals surface area contributed by atoms with Gasteiger partial charge in [-0.2, -0.15) is 4.98 Å². The first-order chi connectivity index (χ1) is 7.49. The van der Waals surface area contributed by atoms with Crippen LogP contribution in [0.2, 0.25) is 0 Å². The predicted molar refractivity (Wildman–Crippen MR) is 53.0 cm³/mol. The molecule has 3 rings (SSSR count). The van der Waals surface area contributed by atoms with Gasteiger partial charge < -0.3 is 4.57 Å². The number of sulfone groups is 1. The number of imidazole rings is 1. The Hall–Kier alpha value is -1.90. The molecule has 0 unspecified atom stereocenters. The third-order valence-electron chi connectivity index (χ3n) is 2.47. The molecule has 2 aromatic heterocycles. The molecule has 2 N–H and O–H groups in total. The highest BCUT2D eigenvalue weighted by Crippen LogP contribution is 2.21. The second-order valence-electron chi connectivity index (χ2n) is 3.47. The van der Waals surface area contributed by atoms with Gasteiger partial charge >= 0.3 is 5.69 Å². The molecule has 0 fully saturated rings. The minimum absolute atomic E-state index is 0.00650. The molecule has 0 saturated carbocycles. The van der Waals surface area contributed by atoms with Crippen LogP contribution in [0, 0.1) is 0 Å². The van der Waals surface area contributed by atoms with Gasteiger partial charge in [0.2, 0.25) is 15.0 Å². The molecule has 9 heteroatoms. The van der Waals surface area contributed by atoms with E-state index in [9.17, 15) is 18.0 Å². The maximum Gasteiger partial charge on any atom is 0.327 e. The first-order valence-corrected chi connectivity index (χ1v) is 6.10. The van der Waals surface area contributed by atoms with Crippen molar-refractivity contribution in [2.75, 3.05) is 5.75 Å². The number of aromatic nitrogens is 4. The van der Waals surface area contributed by atoms with Crippen molar-refractivity contribution >= 4 is 21.0 Å². The lowest BCUT2D eigenvalue weighted by Gasteiger charge is -1.93. The van der Waals surface area contributed by atoms with Gasteiger partial charge in [0.05, 0.1) is 5.75 Å². The Morgan fingerprint density at radius 1 is 1.25 bits per heavy atom. The van der Waals surface area contributed by atoms with Crippen molar-refractivity contribution < 1.29 is 8.42 Å². The Kier molecular flexibility index (Phi) is 1.52. The number of aryl methyl sites for hydroxylation is 1. The molecule has 84 valence electrons. The monoisotopic (exact) mass is 242 g/mol. The Balaban J connectivity index is 2.59. The summed E-state index contributed by atoms with van der Waals surface area (Å²) in [6.45, 7) is 0.184. The molecule has 0 spiro atoms. The first kappa shape index (κ1) is 9.33. The van der Waals surface area contributed by atoms with Gasteiger partial charge in [-0.15, -0.1) is 0 Å². The van der Waals surface area contributed by atoms with Crippen LogP contribution in [0.3, 0.4) is 0 Å². The maximum atomic E-state index is 11.5. The van der Waals surface area contributed by atoms with Crippen LogP contribution in [0.5, 0.6) is 0 Å². The van der Waals surface area contributed by atoms with E-state index in [0.29, 0.717) is 0 Å². The fourth-order valence-corrected chi connectivity index (χ4v) is 3.15. The highest BCUT2D eigenvalue weighted by Gasteiger charge is 2.31. The van der Waals surface area contributed by atoms with Crippen molar-refractivity contribution in [3.05, 3.63) is 20.8 Å². The van der Waals surface area contributed by atoms with E-state index in [1.165, 1.54) is 4.57 Å². The minimum Gasteiger partial charge on any atom is -0.308 e. The van der Waals surface area contributed by atoms with E-state index in [-0.39, 0.29) is 28.6 Å². The van der Waals surface area contributed by atoms with Crippen molar-refractivity contribution in [3.8, 4) is 0 Å². The predicted octanol–water partition coefficient (Wildman–Crippen LogP) is -1.80. The van der Waals surface area contributed by atoms with E-state index < -0.39 is 21.1 Å². The SMILES string of the molecule is O=c1[nH]c(=O)c2c(nc3n2CCS3(=O)=O)[nH]1. The van der Waals surface area contributed by atoms with Crippen LogP contribution >= 0.6 is 0 Å². The Morgan fingerprint density at radius 3 is 2.75 bits per heavy atom. The van der Waals surface area contributed by atoms with Crippen LogP contribution in [0.4, 0.5) is 0 Å². The van der Waals surface area contributed by atoms with Crippen LogP contribution < -0.4 is 11.2 Å². The average molecular weight is 242 g/mol. The summed E-state index contributed by atoms with van der Waals surface area (Å²) >= 11 is 0. The molecule has 0 aromatic carbocycles. The number of nitrogens with zero attached hydrogens (tertiary/aromatic N) is 2. The molecule has 0 aliphatic carbocycles. The normalized spacial score (nSPS) is 17.8. The second-order valence-corrected chi connectivity index (χ2v) is 5.47. The Bertz CT molecular complexity index is 809. The Labute approximate surface area is 87.9 Å². The van der Waals surface area contributed by atoms with Gasteiger partial charge in [0, 0.05) is 6.54 Å². The van der Waals surface area contributed by atoms with E-state index in [0.717, 1.165) is 0 Å². The summed E-state index contributed by atoms with van der Waals surface area (Å²) in [4.78, 5) is 30.6. The van der Waals surface area contributed by atoms with Crippen molar-refractivity contribution in [2.24, 2.45) is 0 Å². The van der Waals surface area contributed by atoms with Gasteiger partial charge in [-0.3, -0.25) is 14.8 Å². The molecule has 2 aromatic rings. The molecule has 8 nitrogen and oxygen atoms in total. The fraction of sp³-hybridized carbons (Fsp3) is 0.286. The summed E-state index contributed by atoms with van der Waals surface area (Å²) in [5.41, 5.74) is -1.23. The quantitative estimate of drug-likeness (QED) is 0.565. The van der Waals surface area contributed by atoms with Gasteiger partial charge in [-0.25, -0.2) is 13.2 Å². The molecule has 16 heavy (non-hydrogen) atoms. The summed E-state index contributed by atoms with van der Waals surface area (Å²) in [7, 11) is -3.42. The second kappa shape index (κ2) is 2.61. The number of fused-ring (bicyclic) bond motifs is 3. The van der Waals surface area contributed by atoms with E-state index in [1.807, 2.05) is 4.98 Å². The third kappa shape index (κ3) is 1.03. The molecule has 0 amide bonds. The van der Waals surface area contributed by atoms with E-state index in [2.05, 4.69) is 9.97 Å². The van der Waals surface area contributed by atoms with Gasteiger partial charge in [0.15, 0.2) is 11.2 Å². The summed E-state index contributed by atoms with van der Waals surface area (Å²) < 4.78 is 24.4. The summed E-state index contributed by atoms with van der Waals surface area (Å²) in [5, 5.41) is -0.158. The first-order valence-electron chi connectivity index (χ1n) is 4.45. The lowest BCUT2D eigenvalue weighted by atomic mass is 10.5. The highest BCUT2D eigenvalue weighted by atomic mass is 32.2. The zero-order valence-electron chi connectivity index (χ0n) is 7.85. The van der Waals surface area contributed by atoms with E-state index in [1.54, 1.807) is 0 Å². The summed E-state index contributed by atoms with van der Waals surface area (Å²) in [6.07, 6.45) is 0. The molecule has 3 heterocycles. The minimum atomic E-state index is -3.42. The van der Waals surface area contributed by atoms with Crippen molar-refractivity contribution in [2.45, 2.75) is 11.7 Å². The van der Waals surface area contributed by atoms with Gasteiger partial charge in [0.1, 0.15) is 0 Å². The molecule has 1 aliphatic rings. The number of hydrogen-bond acceptors (Lipinski definition) is 5. The van der Waals surface area contributed by atoms with Gasteiger partial charge in [-0.1, -0.05) is 0 Å². The molecule has 0 saturated heterocycles.